The Morgan fingerprint density at radius 1 is 1.10 bits per heavy atom. The van der Waals surface area contributed by atoms with Crippen molar-refractivity contribution in [1.29, 1.82) is 0 Å². The van der Waals surface area contributed by atoms with E-state index in [2.05, 4.69) is 51.8 Å². The van der Waals surface area contributed by atoms with Gasteiger partial charge in [0.15, 0.2) is 0 Å². The molecule has 2 aromatic carbocycles. The van der Waals surface area contributed by atoms with Crippen LogP contribution in [-0.4, -0.2) is 44.7 Å². The number of anilines is 1. The van der Waals surface area contributed by atoms with Crippen molar-refractivity contribution < 1.29 is 4.79 Å². The Morgan fingerprint density at radius 3 is 2.66 bits per heavy atom. The molecule has 1 aliphatic rings. The molecule has 158 valence electrons. The molecule has 3 rings (SSSR count). The molecule has 1 fully saturated rings. The first-order valence-corrected chi connectivity index (χ1v) is 10.5. The van der Waals surface area contributed by atoms with Gasteiger partial charge < -0.3 is 21.3 Å². The number of carbonyl (C=O) groups excluding carboxylic acids is 1. The van der Waals surface area contributed by atoms with Crippen molar-refractivity contribution in [3.05, 3.63) is 42.5 Å². The van der Waals surface area contributed by atoms with Crippen molar-refractivity contribution in [3.8, 4) is 0 Å². The highest BCUT2D eigenvalue weighted by molar-refractivity contribution is 5.93. The zero-order chi connectivity index (χ0) is 20.6. The fourth-order valence-corrected chi connectivity index (χ4v) is 3.65. The second kappa shape index (κ2) is 10.5. The first kappa shape index (κ1) is 21.5. The van der Waals surface area contributed by atoms with E-state index in [0.717, 1.165) is 42.4 Å². The van der Waals surface area contributed by atoms with E-state index < -0.39 is 0 Å². The van der Waals surface area contributed by atoms with Crippen LogP contribution in [-0.2, 0) is 0 Å². The molecule has 0 aliphatic carbocycles. The molecule has 6 N–H and O–H groups in total. The predicted octanol–water partition coefficient (Wildman–Crippen LogP) is 2.38. The van der Waals surface area contributed by atoms with Gasteiger partial charge in [0, 0.05) is 11.7 Å². The summed E-state index contributed by atoms with van der Waals surface area (Å²) in [6.07, 6.45) is 1.90. The zero-order valence-corrected chi connectivity index (χ0v) is 17.6. The normalized spacial score (nSPS) is 22.0. The van der Waals surface area contributed by atoms with Crippen LogP contribution in [0.1, 0.15) is 26.7 Å². The second-order valence-electron chi connectivity index (χ2n) is 7.98. The predicted molar refractivity (Wildman–Crippen MR) is 120 cm³/mol. The molecule has 7 heteroatoms. The molecule has 0 spiro atoms. The summed E-state index contributed by atoms with van der Waals surface area (Å²) in [5.74, 6) is 0.478. The molecule has 0 radical (unpaired) electrons. The van der Waals surface area contributed by atoms with Gasteiger partial charge in [-0.25, -0.2) is 4.79 Å². The van der Waals surface area contributed by atoms with Crippen LogP contribution < -0.4 is 31.9 Å². The SMILES string of the molecule is CNCCCNC1CC(C(C)C)NC(NC(=O)Nc2ccc3ccccc3c2)N1. The van der Waals surface area contributed by atoms with Crippen molar-refractivity contribution >= 4 is 22.5 Å². The third-order valence-electron chi connectivity index (χ3n) is 5.32. The van der Waals surface area contributed by atoms with Gasteiger partial charge in [-0.15, -0.1) is 0 Å². The number of rotatable bonds is 8. The topological polar surface area (TPSA) is 89.2 Å². The van der Waals surface area contributed by atoms with Crippen LogP contribution in [0.15, 0.2) is 42.5 Å². The molecular weight excluding hydrogens is 364 g/mol. The van der Waals surface area contributed by atoms with Gasteiger partial charge >= 0.3 is 6.03 Å². The molecule has 3 unspecified atom stereocenters. The smallest absolute Gasteiger partial charge is 0.320 e. The van der Waals surface area contributed by atoms with Crippen LogP contribution in [0.25, 0.3) is 10.8 Å². The van der Waals surface area contributed by atoms with E-state index >= 15 is 0 Å². The number of urea groups is 1. The average Bonchev–Trinajstić information content (AvgIpc) is 2.71. The van der Waals surface area contributed by atoms with Crippen LogP contribution in [0, 0.1) is 5.92 Å². The van der Waals surface area contributed by atoms with Crippen LogP contribution in [0.4, 0.5) is 10.5 Å². The molecule has 0 bridgehead atoms. The Hall–Kier alpha value is -2.19. The summed E-state index contributed by atoms with van der Waals surface area (Å²) in [5, 5.41) is 21.9. The monoisotopic (exact) mass is 398 g/mol. The fraction of sp³-hybridized carbons (Fsp3) is 0.500. The van der Waals surface area contributed by atoms with Crippen molar-refractivity contribution in [2.45, 2.75) is 45.2 Å². The van der Waals surface area contributed by atoms with Gasteiger partial charge in [-0.3, -0.25) is 10.6 Å². The zero-order valence-electron chi connectivity index (χ0n) is 17.6. The van der Waals surface area contributed by atoms with Gasteiger partial charge in [-0.05, 0) is 61.8 Å². The number of nitrogens with one attached hydrogen (secondary N) is 6. The fourth-order valence-electron chi connectivity index (χ4n) is 3.65. The van der Waals surface area contributed by atoms with E-state index in [0.29, 0.717) is 12.0 Å². The largest absolute Gasteiger partial charge is 0.321 e. The Labute approximate surface area is 173 Å². The summed E-state index contributed by atoms with van der Waals surface area (Å²) in [4.78, 5) is 12.6. The first-order valence-electron chi connectivity index (χ1n) is 10.5. The lowest BCUT2D eigenvalue weighted by Crippen LogP contribution is -2.69. The lowest BCUT2D eigenvalue weighted by Gasteiger charge is -2.40. The van der Waals surface area contributed by atoms with Gasteiger partial charge in [0.1, 0.15) is 6.29 Å². The Morgan fingerprint density at radius 2 is 1.90 bits per heavy atom. The molecule has 1 heterocycles. The standard InChI is InChI=1S/C22H34N6O/c1-15(2)19-14-20(24-12-6-11-23-3)27-21(26-19)28-22(29)25-18-10-9-16-7-4-5-8-17(16)13-18/h4-5,7-10,13,15,19-21,23-24,26-27H,6,11-12,14H2,1-3H3,(H2,25,28,29). The lowest BCUT2D eigenvalue weighted by molar-refractivity contribution is 0.165. The third-order valence-corrected chi connectivity index (χ3v) is 5.32. The van der Waals surface area contributed by atoms with E-state index in [1.165, 1.54) is 0 Å². The van der Waals surface area contributed by atoms with Crippen LogP contribution >= 0.6 is 0 Å². The van der Waals surface area contributed by atoms with Crippen molar-refractivity contribution in [2.24, 2.45) is 5.92 Å². The van der Waals surface area contributed by atoms with E-state index in [1.807, 2.05) is 43.4 Å². The summed E-state index contributed by atoms with van der Waals surface area (Å²) >= 11 is 0. The number of hydrogen-bond donors (Lipinski definition) is 6. The molecule has 2 aromatic rings. The maximum Gasteiger partial charge on any atom is 0.321 e. The third kappa shape index (κ3) is 6.40. The van der Waals surface area contributed by atoms with Crippen LogP contribution in [0.2, 0.25) is 0 Å². The highest BCUT2D eigenvalue weighted by Gasteiger charge is 2.29. The molecule has 1 saturated heterocycles. The minimum absolute atomic E-state index is 0.159. The maximum atomic E-state index is 12.6. The summed E-state index contributed by atoms with van der Waals surface area (Å²) in [6, 6.07) is 14.1. The molecule has 7 nitrogen and oxygen atoms in total. The van der Waals surface area contributed by atoms with Crippen LogP contribution in [0.3, 0.4) is 0 Å². The van der Waals surface area contributed by atoms with Gasteiger partial charge in [-0.1, -0.05) is 44.2 Å². The average molecular weight is 399 g/mol. The van der Waals surface area contributed by atoms with Gasteiger partial charge in [0.05, 0.1) is 6.17 Å². The van der Waals surface area contributed by atoms with E-state index in [-0.39, 0.29) is 18.5 Å². The number of carbonyl (C=O) groups is 1. The Balaban J connectivity index is 1.56. The molecule has 0 saturated carbocycles. The summed E-state index contributed by atoms with van der Waals surface area (Å²) in [6.45, 7) is 6.32. The molecule has 29 heavy (non-hydrogen) atoms. The number of hydrogen-bond acceptors (Lipinski definition) is 5. The van der Waals surface area contributed by atoms with E-state index in [1.54, 1.807) is 0 Å². The summed E-state index contributed by atoms with van der Waals surface area (Å²) in [7, 11) is 1.96. The molecular formula is C22H34N6O. The summed E-state index contributed by atoms with van der Waals surface area (Å²) in [5.41, 5.74) is 0.777. The number of amides is 2. The van der Waals surface area contributed by atoms with Gasteiger partial charge in [-0.2, -0.15) is 0 Å². The Bertz CT molecular complexity index is 796. The maximum absolute atomic E-state index is 12.6. The number of benzene rings is 2. The van der Waals surface area contributed by atoms with Crippen molar-refractivity contribution in [2.75, 3.05) is 25.5 Å². The Kier molecular flexibility index (Phi) is 7.83. The molecule has 2 amide bonds. The second-order valence-corrected chi connectivity index (χ2v) is 7.98. The first-order chi connectivity index (χ1) is 14.0. The summed E-state index contributed by atoms with van der Waals surface area (Å²) < 4.78 is 0. The van der Waals surface area contributed by atoms with Crippen molar-refractivity contribution in [3.63, 3.8) is 0 Å². The van der Waals surface area contributed by atoms with E-state index in [9.17, 15) is 4.79 Å². The molecule has 3 atom stereocenters. The van der Waals surface area contributed by atoms with Crippen molar-refractivity contribution in [1.82, 2.24) is 26.6 Å². The lowest BCUT2D eigenvalue weighted by atomic mass is 9.97. The quantitative estimate of drug-likeness (QED) is 0.384. The molecule has 0 aromatic heterocycles. The van der Waals surface area contributed by atoms with E-state index in [4.69, 9.17) is 0 Å². The number of fused-ring (bicyclic) bond motifs is 1. The van der Waals surface area contributed by atoms with Crippen LogP contribution in [0.5, 0.6) is 0 Å². The minimum atomic E-state index is -0.293. The van der Waals surface area contributed by atoms with Gasteiger partial charge in [0.2, 0.25) is 0 Å². The van der Waals surface area contributed by atoms with Gasteiger partial charge in [0.25, 0.3) is 0 Å². The molecule has 1 aliphatic heterocycles. The highest BCUT2D eigenvalue weighted by atomic mass is 16.2. The minimum Gasteiger partial charge on any atom is -0.320 e. The highest BCUT2D eigenvalue weighted by Crippen LogP contribution is 2.19.